The molecule has 0 aliphatic heterocycles. The Bertz CT molecular complexity index is 1260. The number of hydrogen-bond acceptors (Lipinski definition) is 5. The number of benzene rings is 2. The lowest BCUT2D eigenvalue weighted by Crippen LogP contribution is -2.41. The highest BCUT2D eigenvalue weighted by Crippen LogP contribution is 2.51. The Hall–Kier alpha value is -1.77. The molecule has 1 heterocycles. The summed E-state index contributed by atoms with van der Waals surface area (Å²) in [5, 5.41) is 0. The van der Waals surface area contributed by atoms with E-state index in [4.69, 9.17) is 9.05 Å². The summed E-state index contributed by atoms with van der Waals surface area (Å²) in [5.74, 6) is 0. The number of nitrogens with zero attached hydrogens (tertiary/aromatic N) is 2. The van der Waals surface area contributed by atoms with Crippen LogP contribution in [0.4, 0.5) is 0 Å². The summed E-state index contributed by atoms with van der Waals surface area (Å²) < 4.78 is 28.3. The molecule has 10 heteroatoms. The molecular formula is C22H23Br2N2O5P. The maximum Gasteiger partial charge on any atom is 0.340 e. The van der Waals surface area contributed by atoms with Crippen LogP contribution in [0, 0.1) is 6.92 Å². The molecule has 0 spiro atoms. The van der Waals surface area contributed by atoms with Crippen molar-refractivity contribution in [2.24, 2.45) is 0 Å². The number of halogens is 2. The minimum absolute atomic E-state index is 0.170. The summed E-state index contributed by atoms with van der Waals surface area (Å²) in [6.45, 7) is 5.42. The van der Waals surface area contributed by atoms with Crippen LogP contribution in [0.1, 0.15) is 25.1 Å². The van der Waals surface area contributed by atoms with Gasteiger partial charge in [-0.15, -0.1) is 0 Å². The Labute approximate surface area is 202 Å². The second-order valence-electron chi connectivity index (χ2n) is 6.88. The van der Waals surface area contributed by atoms with Crippen molar-refractivity contribution in [1.29, 1.82) is 0 Å². The SMILES string of the molecule is CCOP(=O)(Cc1c(C)n(-c2ccc(Br)cc2)c(=O)n(-c2ccc(Br)cc2)c1=O)OCC. The molecule has 3 aromatic rings. The maximum absolute atomic E-state index is 13.5. The van der Waals surface area contributed by atoms with Crippen LogP contribution in [-0.4, -0.2) is 22.3 Å². The molecule has 3 rings (SSSR count). The molecule has 7 nitrogen and oxygen atoms in total. The first kappa shape index (κ1) is 24.9. The number of rotatable bonds is 8. The van der Waals surface area contributed by atoms with E-state index in [1.807, 2.05) is 0 Å². The number of aromatic nitrogens is 2. The van der Waals surface area contributed by atoms with Gasteiger partial charge in [0.25, 0.3) is 5.56 Å². The minimum atomic E-state index is -3.59. The Morgan fingerprint density at radius 2 is 1.25 bits per heavy atom. The molecule has 0 atom stereocenters. The molecular weight excluding hydrogens is 563 g/mol. The van der Waals surface area contributed by atoms with Gasteiger partial charge >= 0.3 is 13.3 Å². The fourth-order valence-corrected chi connectivity index (χ4v) is 5.69. The van der Waals surface area contributed by atoms with Crippen LogP contribution in [0.15, 0.2) is 67.1 Å². The largest absolute Gasteiger partial charge is 0.340 e. The van der Waals surface area contributed by atoms with E-state index in [1.54, 1.807) is 69.3 Å². The molecule has 1 aromatic heterocycles. The highest BCUT2D eigenvalue weighted by molar-refractivity contribution is 9.10. The maximum atomic E-state index is 13.5. The van der Waals surface area contributed by atoms with E-state index >= 15 is 0 Å². The van der Waals surface area contributed by atoms with Crippen molar-refractivity contribution in [2.75, 3.05) is 13.2 Å². The summed E-state index contributed by atoms with van der Waals surface area (Å²) in [5.41, 5.74) is 0.478. The van der Waals surface area contributed by atoms with Gasteiger partial charge in [-0.2, -0.15) is 0 Å². The minimum Gasteiger partial charge on any atom is -0.309 e. The number of hydrogen-bond donors (Lipinski definition) is 0. The molecule has 32 heavy (non-hydrogen) atoms. The summed E-state index contributed by atoms with van der Waals surface area (Å²) in [7, 11) is -3.59. The van der Waals surface area contributed by atoms with Gasteiger partial charge in [0.05, 0.1) is 30.8 Å². The topological polar surface area (TPSA) is 79.5 Å². The first-order chi connectivity index (χ1) is 15.2. The summed E-state index contributed by atoms with van der Waals surface area (Å²) in [6, 6.07) is 14.0. The lowest BCUT2D eigenvalue weighted by Gasteiger charge is -2.21. The quantitative estimate of drug-likeness (QED) is 0.322. The van der Waals surface area contributed by atoms with Gasteiger partial charge in [-0.3, -0.25) is 13.9 Å². The van der Waals surface area contributed by atoms with E-state index in [-0.39, 0.29) is 24.9 Å². The molecule has 0 N–H and O–H groups in total. The normalized spacial score (nSPS) is 11.7. The van der Waals surface area contributed by atoms with Crippen LogP contribution in [0.3, 0.4) is 0 Å². The van der Waals surface area contributed by atoms with Crippen LogP contribution in [0.5, 0.6) is 0 Å². The van der Waals surface area contributed by atoms with Crippen molar-refractivity contribution >= 4 is 39.5 Å². The lowest BCUT2D eigenvalue weighted by molar-refractivity contribution is 0.219. The smallest absolute Gasteiger partial charge is 0.309 e. The fraction of sp³-hybridized carbons (Fsp3) is 0.273. The Kier molecular flexibility index (Phi) is 8.11. The third-order valence-corrected chi connectivity index (χ3v) is 7.85. The molecule has 0 aliphatic carbocycles. The zero-order valence-electron chi connectivity index (χ0n) is 17.9. The summed E-state index contributed by atoms with van der Waals surface area (Å²) in [6.07, 6.45) is -0.243. The van der Waals surface area contributed by atoms with E-state index in [2.05, 4.69) is 31.9 Å². The third-order valence-electron chi connectivity index (χ3n) is 4.79. The van der Waals surface area contributed by atoms with Gasteiger partial charge in [-0.05, 0) is 69.3 Å². The van der Waals surface area contributed by atoms with Crippen LogP contribution >= 0.6 is 39.5 Å². The van der Waals surface area contributed by atoms with Gasteiger partial charge in [0.15, 0.2) is 0 Å². The molecule has 0 unspecified atom stereocenters. The van der Waals surface area contributed by atoms with E-state index in [1.165, 1.54) is 4.57 Å². The molecule has 2 aromatic carbocycles. The fourth-order valence-electron chi connectivity index (χ4n) is 3.36. The average Bonchev–Trinajstić information content (AvgIpc) is 2.74. The van der Waals surface area contributed by atoms with Crippen LogP contribution in [0.25, 0.3) is 11.4 Å². The standard InChI is InChI=1S/C22H23Br2N2O5P/c1-4-30-32(29,31-5-2)14-20-15(3)25(18-10-6-16(23)7-11-18)22(28)26(21(20)27)19-12-8-17(24)9-13-19/h6-13H,4-5,14H2,1-3H3. The first-order valence-corrected chi connectivity index (χ1v) is 13.3. The first-order valence-electron chi connectivity index (χ1n) is 9.98. The molecule has 0 bridgehead atoms. The molecule has 0 saturated carbocycles. The summed E-state index contributed by atoms with van der Waals surface area (Å²) in [4.78, 5) is 27.0. The molecule has 170 valence electrons. The predicted molar refractivity (Wildman–Crippen MR) is 132 cm³/mol. The Morgan fingerprint density at radius 3 is 1.69 bits per heavy atom. The van der Waals surface area contributed by atoms with Gasteiger partial charge in [0.2, 0.25) is 0 Å². The van der Waals surface area contributed by atoms with Crippen molar-refractivity contribution in [2.45, 2.75) is 26.9 Å². The highest BCUT2D eigenvalue weighted by Gasteiger charge is 2.29. The Morgan fingerprint density at radius 1 is 0.812 bits per heavy atom. The molecule has 0 radical (unpaired) electrons. The zero-order valence-corrected chi connectivity index (χ0v) is 21.9. The van der Waals surface area contributed by atoms with Crippen LogP contribution in [0.2, 0.25) is 0 Å². The molecule has 0 aliphatic rings. The van der Waals surface area contributed by atoms with Gasteiger partial charge in [0, 0.05) is 20.2 Å². The molecule has 0 amide bonds. The van der Waals surface area contributed by atoms with Gasteiger partial charge < -0.3 is 9.05 Å². The van der Waals surface area contributed by atoms with E-state index in [0.29, 0.717) is 17.1 Å². The summed E-state index contributed by atoms with van der Waals surface area (Å²) >= 11 is 6.76. The van der Waals surface area contributed by atoms with Crippen molar-refractivity contribution in [3.63, 3.8) is 0 Å². The second-order valence-corrected chi connectivity index (χ2v) is 10.8. The third kappa shape index (κ3) is 5.24. The van der Waals surface area contributed by atoms with Crippen molar-refractivity contribution < 1.29 is 13.6 Å². The van der Waals surface area contributed by atoms with Gasteiger partial charge in [-0.1, -0.05) is 31.9 Å². The van der Waals surface area contributed by atoms with Crippen LogP contribution < -0.4 is 11.2 Å². The van der Waals surface area contributed by atoms with Crippen molar-refractivity contribution in [1.82, 2.24) is 9.13 Å². The molecule has 0 saturated heterocycles. The predicted octanol–water partition coefficient (Wildman–Crippen LogP) is 5.59. The van der Waals surface area contributed by atoms with Crippen molar-refractivity contribution in [3.05, 3.63) is 89.6 Å². The van der Waals surface area contributed by atoms with E-state index < -0.39 is 18.8 Å². The Balaban J connectivity index is 2.34. The van der Waals surface area contributed by atoms with Crippen LogP contribution in [-0.2, 0) is 19.8 Å². The monoisotopic (exact) mass is 584 g/mol. The van der Waals surface area contributed by atoms with Gasteiger partial charge in [0.1, 0.15) is 0 Å². The van der Waals surface area contributed by atoms with Gasteiger partial charge in [-0.25, -0.2) is 9.36 Å². The second kappa shape index (κ2) is 10.4. The molecule has 0 fully saturated rings. The van der Waals surface area contributed by atoms with E-state index in [0.717, 1.165) is 13.5 Å². The zero-order chi connectivity index (χ0) is 23.5. The average molecular weight is 586 g/mol. The van der Waals surface area contributed by atoms with Crippen molar-refractivity contribution in [3.8, 4) is 11.4 Å². The van der Waals surface area contributed by atoms with E-state index in [9.17, 15) is 14.2 Å². The lowest BCUT2D eigenvalue weighted by atomic mass is 10.2. The highest BCUT2D eigenvalue weighted by atomic mass is 79.9.